The highest BCUT2D eigenvalue weighted by Gasteiger charge is 2.26. The predicted molar refractivity (Wildman–Crippen MR) is 75.4 cm³/mol. The monoisotopic (exact) mass is 288 g/mol. The van der Waals surface area contributed by atoms with Crippen LogP contribution in [0.25, 0.3) is 0 Å². The number of nitrogens with zero attached hydrogens (tertiary/aromatic N) is 1. The summed E-state index contributed by atoms with van der Waals surface area (Å²) >= 11 is 6.10. The molecule has 0 spiro atoms. The average Bonchev–Trinajstić information content (AvgIpc) is 2.74. The first kappa shape index (κ1) is 13.6. The van der Waals surface area contributed by atoms with Crippen molar-refractivity contribution < 1.29 is 8.95 Å². The van der Waals surface area contributed by atoms with E-state index in [1.807, 2.05) is 7.05 Å². The van der Waals surface area contributed by atoms with Gasteiger partial charge >= 0.3 is 0 Å². The molecule has 0 saturated carbocycles. The molecule has 0 aromatic heterocycles. The van der Waals surface area contributed by atoms with E-state index in [9.17, 15) is 4.21 Å². The molecule has 0 radical (unpaired) electrons. The maximum absolute atomic E-state index is 12.6. The number of methoxy groups -OCH3 is 1. The largest absolute Gasteiger partial charge is 0.494 e. The Morgan fingerprint density at radius 2 is 2.33 bits per heavy atom. The lowest BCUT2D eigenvalue weighted by Crippen LogP contribution is -2.25. The summed E-state index contributed by atoms with van der Waals surface area (Å²) in [6.07, 6.45) is 0.881. The Hall–Kier alpha value is -0.780. The van der Waals surface area contributed by atoms with E-state index >= 15 is 0 Å². The van der Waals surface area contributed by atoms with E-state index in [2.05, 4.69) is 9.68 Å². The molecule has 100 valence electrons. The molecule has 1 aromatic carbocycles. The van der Waals surface area contributed by atoms with Crippen molar-refractivity contribution in [1.29, 1.82) is 0 Å². The molecule has 1 fully saturated rings. The smallest absolute Gasteiger partial charge is 0.146 e. The molecule has 0 aliphatic carbocycles. The van der Waals surface area contributed by atoms with Gasteiger partial charge in [-0.1, -0.05) is 17.7 Å². The zero-order valence-electron chi connectivity index (χ0n) is 10.5. The van der Waals surface area contributed by atoms with Crippen molar-refractivity contribution in [1.82, 2.24) is 5.32 Å². The van der Waals surface area contributed by atoms with Gasteiger partial charge in [0.05, 0.1) is 21.9 Å². The zero-order valence-corrected chi connectivity index (χ0v) is 12.1. The lowest BCUT2D eigenvalue weighted by Gasteiger charge is -2.08. The van der Waals surface area contributed by atoms with Crippen LogP contribution in [0, 0.1) is 0 Å². The van der Waals surface area contributed by atoms with Crippen molar-refractivity contribution in [2.45, 2.75) is 12.5 Å². The van der Waals surface area contributed by atoms with Crippen LogP contribution < -0.4 is 10.1 Å². The van der Waals surface area contributed by atoms with Crippen molar-refractivity contribution in [3.63, 3.8) is 0 Å². The lowest BCUT2D eigenvalue weighted by molar-refractivity contribution is 0.416. The van der Waals surface area contributed by atoms with Gasteiger partial charge in [-0.2, -0.15) is 4.36 Å². The molecular formula is C12H17ClN2O2S. The summed E-state index contributed by atoms with van der Waals surface area (Å²) in [5.74, 6) is 1.74. The van der Waals surface area contributed by atoms with E-state index in [1.165, 1.54) is 0 Å². The Balaban J connectivity index is 2.42. The van der Waals surface area contributed by atoms with Gasteiger partial charge < -0.3 is 10.1 Å². The molecule has 1 saturated heterocycles. The van der Waals surface area contributed by atoms with Crippen LogP contribution in [0.2, 0.25) is 5.02 Å². The van der Waals surface area contributed by atoms with Gasteiger partial charge in [-0.05, 0) is 25.6 Å². The summed E-state index contributed by atoms with van der Waals surface area (Å²) < 4.78 is 22.2. The minimum absolute atomic E-state index is 0.273. The highest BCUT2D eigenvalue weighted by Crippen LogP contribution is 2.36. The predicted octanol–water partition coefficient (Wildman–Crippen LogP) is 2.44. The van der Waals surface area contributed by atoms with Crippen LogP contribution in [0.4, 0.5) is 5.69 Å². The van der Waals surface area contributed by atoms with Gasteiger partial charge in [0.1, 0.15) is 11.4 Å². The Bertz CT molecular complexity index is 553. The first-order chi connectivity index (χ1) is 8.58. The molecule has 1 aliphatic heterocycles. The minimum Gasteiger partial charge on any atom is -0.494 e. The van der Waals surface area contributed by atoms with Gasteiger partial charge in [0, 0.05) is 17.5 Å². The third kappa shape index (κ3) is 2.79. The van der Waals surface area contributed by atoms with Gasteiger partial charge in [0.25, 0.3) is 0 Å². The van der Waals surface area contributed by atoms with Crippen LogP contribution in [-0.2, 0) is 9.73 Å². The first-order valence-corrected chi connectivity index (χ1v) is 8.03. The topological polar surface area (TPSA) is 50.7 Å². The number of halogens is 1. The van der Waals surface area contributed by atoms with Gasteiger partial charge in [0.15, 0.2) is 0 Å². The van der Waals surface area contributed by atoms with Crippen LogP contribution in [0.15, 0.2) is 22.6 Å². The Kier molecular flexibility index (Phi) is 4.14. The van der Waals surface area contributed by atoms with E-state index in [4.69, 9.17) is 16.3 Å². The van der Waals surface area contributed by atoms with Crippen LogP contribution in [0.3, 0.4) is 0 Å². The second kappa shape index (κ2) is 5.47. The lowest BCUT2D eigenvalue weighted by atomic mass is 10.3. The maximum Gasteiger partial charge on any atom is 0.146 e. The highest BCUT2D eigenvalue weighted by atomic mass is 35.5. The number of rotatable bonds is 3. The van der Waals surface area contributed by atoms with Crippen molar-refractivity contribution >= 4 is 27.0 Å². The van der Waals surface area contributed by atoms with Crippen molar-refractivity contribution in [3.05, 3.63) is 23.2 Å². The molecule has 1 heterocycles. The molecule has 2 atom stereocenters. The molecule has 18 heavy (non-hydrogen) atoms. The Morgan fingerprint density at radius 1 is 1.56 bits per heavy atom. The van der Waals surface area contributed by atoms with Crippen LogP contribution in [-0.4, -0.2) is 35.9 Å². The van der Waals surface area contributed by atoms with E-state index in [0.29, 0.717) is 28.0 Å². The Labute approximate surface area is 113 Å². The summed E-state index contributed by atoms with van der Waals surface area (Å²) in [6, 6.07) is 5.57. The SMILES string of the molecule is CNC1CCS(=O)(=Nc2c(Cl)cccc2OC)C1. The summed E-state index contributed by atoms with van der Waals surface area (Å²) in [7, 11) is 1.21. The number of hydrogen-bond donors (Lipinski definition) is 1. The van der Waals surface area contributed by atoms with Crippen molar-refractivity contribution in [2.24, 2.45) is 4.36 Å². The van der Waals surface area contributed by atoms with E-state index in [1.54, 1.807) is 25.3 Å². The fraction of sp³-hybridized carbons (Fsp3) is 0.500. The van der Waals surface area contributed by atoms with Gasteiger partial charge in [-0.15, -0.1) is 0 Å². The minimum atomic E-state index is -2.23. The molecule has 2 unspecified atom stereocenters. The molecule has 4 nitrogen and oxygen atoms in total. The van der Waals surface area contributed by atoms with Crippen molar-refractivity contribution in [2.75, 3.05) is 25.7 Å². The fourth-order valence-electron chi connectivity index (χ4n) is 2.03. The molecule has 0 bridgehead atoms. The molecule has 1 aliphatic rings. The molecular weight excluding hydrogens is 272 g/mol. The third-order valence-corrected chi connectivity index (χ3v) is 5.70. The fourth-order valence-corrected chi connectivity index (χ4v) is 4.76. The first-order valence-electron chi connectivity index (χ1n) is 5.80. The molecule has 0 amide bonds. The molecule has 1 N–H and O–H groups in total. The number of benzene rings is 1. The van der Waals surface area contributed by atoms with Crippen LogP contribution in [0.5, 0.6) is 5.75 Å². The maximum atomic E-state index is 12.6. The van der Waals surface area contributed by atoms with Crippen LogP contribution in [0.1, 0.15) is 6.42 Å². The van der Waals surface area contributed by atoms with Gasteiger partial charge in [-0.25, -0.2) is 4.21 Å². The average molecular weight is 289 g/mol. The van der Waals surface area contributed by atoms with Crippen molar-refractivity contribution in [3.8, 4) is 5.75 Å². The molecule has 1 aromatic rings. The normalized spacial score (nSPS) is 27.2. The highest BCUT2D eigenvalue weighted by molar-refractivity contribution is 7.94. The molecule has 6 heteroatoms. The molecule has 2 rings (SSSR count). The van der Waals surface area contributed by atoms with Crippen LogP contribution >= 0.6 is 11.6 Å². The summed E-state index contributed by atoms with van der Waals surface area (Å²) in [5.41, 5.74) is 0.503. The van der Waals surface area contributed by atoms with E-state index in [0.717, 1.165) is 6.42 Å². The third-order valence-electron chi connectivity index (χ3n) is 3.08. The summed E-state index contributed by atoms with van der Waals surface area (Å²) in [4.78, 5) is 0. The summed E-state index contributed by atoms with van der Waals surface area (Å²) in [6.45, 7) is 0. The van der Waals surface area contributed by atoms with Gasteiger partial charge in [-0.3, -0.25) is 0 Å². The van der Waals surface area contributed by atoms with Gasteiger partial charge in [0.2, 0.25) is 0 Å². The van der Waals surface area contributed by atoms with E-state index < -0.39 is 9.73 Å². The summed E-state index contributed by atoms with van der Waals surface area (Å²) in [5, 5.41) is 3.62. The Morgan fingerprint density at radius 3 is 2.94 bits per heavy atom. The quantitative estimate of drug-likeness (QED) is 0.929. The van der Waals surface area contributed by atoms with E-state index in [-0.39, 0.29) is 6.04 Å². The number of hydrogen-bond acceptors (Lipinski definition) is 4. The number of ether oxygens (including phenoxy) is 1. The standard InChI is InChI=1S/C12H17ClN2O2S/c1-14-9-6-7-18(16,8-9)15-12-10(13)4-3-5-11(12)17-2/h3-5,9,14H,6-8H2,1-2H3. The second-order valence-corrected chi connectivity index (χ2v) is 7.18. The zero-order chi connectivity index (χ0) is 13.2. The number of nitrogens with one attached hydrogen (secondary N) is 1. The second-order valence-electron chi connectivity index (χ2n) is 4.30.